The van der Waals surface area contributed by atoms with Gasteiger partial charge < -0.3 is 27.5 Å². The molecular weight excluding hydrogens is 338 g/mol. The number of nitrogens with two attached hydrogens (primary N) is 2. The van der Waals surface area contributed by atoms with Crippen molar-refractivity contribution in [1.29, 1.82) is 5.41 Å². The minimum Gasteiger partial charge on any atom is -0.402 e. The fourth-order valence-electron chi connectivity index (χ4n) is 2.68. The summed E-state index contributed by atoms with van der Waals surface area (Å²) in [6, 6.07) is 0. The van der Waals surface area contributed by atoms with E-state index in [1.165, 1.54) is 6.21 Å². The molecule has 7 nitrogen and oxygen atoms in total. The molecule has 0 aromatic heterocycles. The molecule has 0 radical (unpaired) electrons. The van der Waals surface area contributed by atoms with Crippen LogP contribution in [0.3, 0.4) is 0 Å². The van der Waals surface area contributed by atoms with Gasteiger partial charge in [-0.05, 0) is 43.2 Å². The lowest BCUT2D eigenvalue weighted by Crippen LogP contribution is -2.27. The van der Waals surface area contributed by atoms with E-state index in [2.05, 4.69) is 27.5 Å². The van der Waals surface area contributed by atoms with Gasteiger partial charge in [0.2, 0.25) is 0 Å². The Kier molecular flexibility index (Phi) is 6.93. The summed E-state index contributed by atoms with van der Waals surface area (Å²) in [6.45, 7) is 3.90. The largest absolute Gasteiger partial charge is 0.402 e. The Bertz CT molecular complexity index is 842. The van der Waals surface area contributed by atoms with Crippen LogP contribution in [0, 0.1) is 5.41 Å². The van der Waals surface area contributed by atoms with Crippen molar-refractivity contribution < 1.29 is 0 Å². The fraction of sp³-hybridized carbons (Fsp3) is 0.250. The number of dihydropyridines is 2. The molecule has 0 aliphatic carbocycles. The summed E-state index contributed by atoms with van der Waals surface area (Å²) in [7, 11) is 1.71. The summed E-state index contributed by atoms with van der Waals surface area (Å²) >= 11 is 0. The highest BCUT2D eigenvalue weighted by Gasteiger charge is 2.17. The van der Waals surface area contributed by atoms with E-state index in [9.17, 15) is 0 Å². The predicted octanol–water partition coefficient (Wildman–Crippen LogP) is 2.35. The highest BCUT2D eigenvalue weighted by molar-refractivity contribution is 5.97. The predicted molar refractivity (Wildman–Crippen MR) is 113 cm³/mol. The van der Waals surface area contributed by atoms with Gasteiger partial charge >= 0.3 is 0 Å². The van der Waals surface area contributed by atoms with E-state index in [1.807, 2.05) is 31.4 Å². The molecule has 2 aliphatic rings. The maximum atomic E-state index is 7.44. The van der Waals surface area contributed by atoms with Crippen LogP contribution in [0.1, 0.15) is 26.7 Å². The first-order valence-corrected chi connectivity index (χ1v) is 8.80. The van der Waals surface area contributed by atoms with E-state index < -0.39 is 0 Å². The molecule has 0 fully saturated rings. The van der Waals surface area contributed by atoms with Crippen LogP contribution >= 0.6 is 0 Å². The number of fused-ring (bicyclic) bond motifs is 1. The minimum atomic E-state index is 0.356. The summed E-state index contributed by atoms with van der Waals surface area (Å²) in [5.74, 6) is 0.982. The smallest absolute Gasteiger partial charge is 0.132 e. The molecule has 2 rings (SSSR count). The molecule has 0 aromatic carbocycles. The van der Waals surface area contributed by atoms with E-state index in [-0.39, 0.29) is 0 Å². The second kappa shape index (κ2) is 9.38. The van der Waals surface area contributed by atoms with E-state index >= 15 is 0 Å². The number of aliphatic imine (C=N–C) groups is 2. The summed E-state index contributed by atoms with van der Waals surface area (Å²) in [6.07, 6.45) is 14.2. The molecule has 2 heterocycles. The van der Waals surface area contributed by atoms with Crippen molar-refractivity contribution in [2.75, 3.05) is 7.05 Å². The Morgan fingerprint density at radius 2 is 2.04 bits per heavy atom. The number of hydrogen-bond acceptors (Lipinski definition) is 6. The van der Waals surface area contributed by atoms with E-state index in [0.29, 0.717) is 17.4 Å². The quantitative estimate of drug-likeness (QED) is 0.351. The van der Waals surface area contributed by atoms with Gasteiger partial charge in [-0.2, -0.15) is 0 Å². The van der Waals surface area contributed by atoms with Gasteiger partial charge in [-0.25, -0.2) is 4.99 Å². The van der Waals surface area contributed by atoms with Crippen LogP contribution in [0.2, 0.25) is 0 Å². The van der Waals surface area contributed by atoms with Gasteiger partial charge in [-0.15, -0.1) is 0 Å². The second-order valence-electron chi connectivity index (χ2n) is 6.19. The zero-order valence-electron chi connectivity index (χ0n) is 16.0. The first-order chi connectivity index (χ1) is 13.0. The zero-order valence-corrected chi connectivity index (χ0v) is 16.0. The number of hydrogen-bond donors (Lipinski definition) is 5. The Morgan fingerprint density at radius 3 is 2.67 bits per heavy atom. The van der Waals surface area contributed by atoms with Gasteiger partial charge in [0, 0.05) is 42.5 Å². The molecule has 0 spiro atoms. The van der Waals surface area contributed by atoms with E-state index in [0.717, 1.165) is 41.0 Å². The van der Waals surface area contributed by atoms with Gasteiger partial charge in [-0.3, -0.25) is 4.99 Å². The average molecular weight is 365 g/mol. The molecule has 27 heavy (non-hydrogen) atoms. The SMILES string of the molecule is CCCC(C=N)=CC(N)=NC1=CC=C2NC=C(C(C=NC)=C(C)N)C=C2N1. The Hall–Kier alpha value is -3.35. The fourth-order valence-corrected chi connectivity index (χ4v) is 2.68. The maximum absolute atomic E-state index is 7.44. The van der Waals surface area contributed by atoms with Gasteiger partial charge in [0.1, 0.15) is 11.7 Å². The lowest BCUT2D eigenvalue weighted by atomic mass is 10.0. The van der Waals surface area contributed by atoms with Crippen LogP contribution in [0.15, 0.2) is 80.1 Å². The number of rotatable bonds is 7. The van der Waals surface area contributed by atoms with E-state index in [1.54, 1.807) is 19.3 Å². The van der Waals surface area contributed by atoms with Crippen LogP contribution < -0.4 is 22.1 Å². The lowest BCUT2D eigenvalue weighted by Gasteiger charge is -2.23. The molecule has 0 aromatic rings. The average Bonchev–Trinajstić information content (AvgIpc) is 2.64. The number of allylic oxidation sites excluding steroid dienone is 7. The van der Waals surface area contributed by atoms with Crippen LogP contribution in [-0.2, 0) is 0 Å². The third kappa shape index (κ3) is 5.31. The number of nitrogens with one attached hydrogen (secondary N) is 3. The van der Waals surface area contributed by atoms with Gasteiger partial charge in [-0.1, -0.05) is 13.3 Å². The van der Waals surface area contributed by atoms with Gasteiger partial charge in [0.25, 0.3) is 0 Å². The highest BCUT2D eigenvalue weighted by atomic mass is 15.1. The Balaban J connectivity index is 2.24. The van der Waals surface area contributed by atoms with Crippen molar-refractivity contribution in [3.05, 3.63) is 70.1 Å². The van der Waals surface area contributed by atoms with Crippen molar-refractivity contribution in [3.8, 4) is 0 Å². The first kappa shape index (κ1) is 20.0. The highest BCUT2D eigenvalue weighted by Crippen LogP contribution is 2.23. The molecular formula is C20H27N7. The van der Waals surface area contributed by atoms with Crippen LogP contribution in [0.5, 0.6) is 0 Å². The molecule has 0 amide bonds. The summed E-state index contributed by atoms with van der Waals surface area (Å²) in [5.41, 5.74) is 17.1. The van der Waals surface area contributed by atoms with E-state index in [4.69, 9.17) is 16.9 Å². The standard InChI is InChI=1S/C20H27N7/c1-4-5-14(10-21)8-19(23)27-20-7-6-17-18(26-20)9-15(11-25-17)16(12-24-3)13(2)22/h6-12,21,25-26H,4-5,22H2,1-3H3,(H2,23,27). The van der Waals surface area contributed by atoms with Crippen molar-refractivity contribution >= 4 is 18.3 Å². The molecule has 0 atom stereocenters. The van der Waals surface area contributed by atoms with Crippen molar-refractivity contribution in [3.63, 3.8) is 0 Å². The Labute approximate surface area is 160 Å². The Morgan fingerprint density at radius 1 is 1.26 bits per heavy atom. The van der Waals surface area contributed by atoms with Crippen molar-refractivity contribution in [1.82, 2.24) is 10.6 Å². The zero-order chi connectivity index (χ0) is 19.8. The first-order valence-electron chi connectivity index (χ1n) is 8.80. The molecule has 0 bridgehead atoms. The molecule has 2 aliphatic heterocycles. The molecule has 0 saturated carbocycles. The second-order valence-corrected chi connectivity index (χ2v) is 6.19. The summed E-state index contributed by atoms with van der Waals surface area (Å²) in [5, 5.41) is 13.9. The molecule has 7 N–H and O–H groups in total. The third-order valence-electron chi connectivity index (χ3n) is 3.94. The van der Waals surface area contributed by atoms with Crippen LogP contribution in [-0.4, -0.2) is 25.3 Å². The molecule has 0 saturated heterocycles. The van der Waals surface area contributed by atoms with Gasteiger partial charge in [0.05, 0.1) is 11.4 Å². The van der Waals surface area contributed by atoms with Crippen molar-refractivity contribution in [2.24, 2.45) is 21.5 Å². The van der Waals surface area contributed by atoms with Crippen LogP contribution in [0.4, 0.5) is 0 Å². The molecule has 0 unspecified atom stereocenters. The minimum absolute atomic E-state index is 0.356. The normalized spacial score (nSPS) is 18.3. The molecule has 142 valence electrons. The molecule has 7 heteroatoms. The monoisotopic (exact) mass is 365 g/mol. The summed E-state index contributed by atoms with van der Waals surface area (Å²) in [4.78, 5) is 8.48. The van der Waals surface area contributed by atoms with Crippen LogP contribution in [0.25, 0.3) is 0 Å². The number of amidine groups is 1. The lowest BCUT2D eigenvalue weighted by molar-refractivity contribution is 0.875. The van der Waals surface area contributed by atoms with Gasteiger partial charge in [0.15, 0.2) is 0 Å². The number of nitrogens with zero attached hydrogens (tertiary/aromatic N) is 2. The third-order valence-corrected chi connectivity index (χ3v) is 3.94. The summed E-state index contributed by atoms with van der Waals surface area (Å²) < 4.78 is 0. The maximum Gasteiger partial charge on any atom is 0.132 e. The topological polar surface area (TPSA) is 125 Å². The van der Waals surface area contributed by atoms with Crippen molar-refractivity contribution in [2.45, 2.75) is 26.7 Å².